The van der Waals surface area contributed by atoms with Crippen molar-refractivity contribution in [2.24, 2.45) is 0 Å². The van der Waals surface area contributed by atoms with E-state index in [0.717, 1.165) is 12.8 Å². The van der Waals surface area contributed by atoms with Crippen molar-refractivity contribution in [1.82, 2.24) is 0 Å². The van der Waals surface area contributed by atoms with Crippen molar-refractivity contribution in [2.75, 3.05) is 6.61 Å². The van der Waals surface area contributed by atoms with Crippen LogP contribution in [0.3, 0.4) is 0 Å². The molecule has 1 nitrogen and oxygen atoms in total. The van der Waals surface area contributed by atoms with E-state index in [1.165, 1.54) is 6.42 Å². The lowest BCUT2D eigenvalue weighted by Gasteiger charge is -2.14. The van der Waals surface area contributed by atoms with Crippen LogP contribution >= 0.6 is 0 Å². The molecule has 1 aliphatic carbocycles. The molecule has 0 aromatic heterocycles. The summed E-state index contributed by atoms with van der Waals surface area (Å²) in [6.45, 7) is 0.419. The molecule has 1 unspecified atom stereocenters. The van der Waals surface area contributed by atoms with Crippen molar-refractivity contribution in [3.05, 3.63) is 12.2 Å². The standard InChI is InChI=1S/C9H11O/c1-2-8-10-9-6-4-3-5-7-9/h1,7,9H,3-4,6,8H2. The van der Waals surface area contributed by atoms with Crippen molar-refractivity contribution in [1.29, 1.82) is 0 Å². The number of terminal acetylenes is 1. The van der Waals surface area contributed by atoms with Gasteiger partial charge in [0.2, 0.25) is 0 Å². The molecule has 0 saturated carbocycles. The van der Waals surface area contributed by atoms with E-state index in [1.807, 2.05) is 6.08 Å². The molecule has 0 aromatic carbocycles. The van der Waals surface area contributed by atoms with Crippen LogP contribution in [0.1, 0.15) is 19.3 Å². The predicted molar refractivity (Wildman–Crippen MR) is 40.2 cm³/mol. The lowest BCUT2D eigenvalue weighted by Crippen LogP contribution is -2.12. The molecule has 0 spiro atoms. The first-order valence-electron chi connectivity index (χ1n) is 3.55. The fourth-order valence-corrected chi connectivity index (χ4v) is 0.990. The van der Waals surface area contributed by atoms with E-state index in [2.05, 4.69) is 12.0 Å². The van der Waals surface area contributed by atoms with Crippen LogP contribution < -0.4 is 0 Å². The van der Waals surface area contributed by atoms with Crippen LogP contribution in [0.2, 0.25) is 0 Å². The summed E-state index contributed by atoms with van der Waals surface area (Å²) in [5.41, 5.74) is 0. The molecule has 0 aromatic rings. The van der Waals surface area contributed by atoms with Crippen LogP contribution in [-0.2, 0) is 4.74 Å². The Bertz CT molecular complexity index is 153. The van der Waals surface area contributed by atoms with Gasteiger partial charge < -0.3 is 4.74 Å². The van der Waals surface area contributed by atoms with Crippen LogP contribution in [0, 0.1) is 18.4 Å². The van der Waals surface area contributed by atoms with Crippen molar-refractivity contribution in [3.8, 4) is 12.3 Å². The minimum atomic E-state index is 0.227. The van der Waals surface area contributed by atoms with Gasteiger partial charge in [-0.25, -0.2) is 0 Å². The lowest BCUT2D eigenvalue weighted by atomic mass is 10.1. The highest BCUT2D eigenvalue weighted by Gasteiger charge is 2.06. The van der Waals surface area contributed by atoms with Crippen LogP contribution in [0.25, 0.3) is 0 Å². The molecule has 0 bridgehead atoms. The van der Waals surface area contributed by atoms with Gasteiger partial charge in [-0.3, -0.25) is 0 Å². The maximum absolute atomic E-state index is 5.28. The monoisotopic (exact) mass is 135 g/mol. The van der Waals surface area contributed by atoms with E-state index in [9.17, 15) is 0 Å². The fourth-order valence-electron chi connectivity index (χ4n) is 0.990. The first-order chi connectivity index (χ1) is 4.93. The average Bonchev–Trinajstić information content (AvgIpc) is 2.03. The van der Waals surface area contributed by atoms with Gasteiger partial charge in [-0.2, -0.15) is 0 Å². The van der Waals surface area contributed by atoms with Gasteiger partial charge in [-0.05, 0) is 25.3 Å². The quantitative estimate of drug-likeness (QED) is 0.522. The summed E-state index contributed by atoms with van der Waals surface area (Å²) in [4.78, 5) is 0. The zero-order valence-corrected chi connectivity index (χ0v) is 5.97. The van der Waals surface area contributed by atoms with E-state index in [1.54, 1.807) is 0 Å². The summed E-state index contributed by atoms with van der Waals surface area (Å²) < 4.78 is 5.28. The van der Waals surface area contributed by atoms with Gasteiger partial charge in [-0.15, -0.1) is 6.42 Å². The molecule has 0 amide bonds. The van der Waals surface area contributed by atoms with E-state index < -0.39 is 0 Å². The van der Waals surface area contributed by atoms with Gasteiger partial charge in [0, 0.05) is 0 Å². The molecule has 1 aliphatic rings. The van der Waals surface area contributed by atoms with Crippen molar-refractivity contribution in [2.45, 2.75) is 25.4 Å². The highest BCUT2D eigenvalue weighted by atomic mass is 16.5. The number of allylic oxidation sites excluding steroid dienone is 1. The third-order valence-electron chi connectivity index (χ3n) is 1.49. The highest BCUT2D eigenvalue weighted by Crippen LogP contribution is 2.11. The summed E-state index contributed by atoms with van der Waals surface area (Å²) in [5, 5.41) is 0. The van der Waals surface area contributed by atoms with Crippen LogP contribution in [0.5, 0.6) is 0 Å². The Kier molecular flexibility index (Phi) is 3.05. The Morgan fingerprint density at radius 2 is 2.70 bits per heavy atom. The molecule has 0 aliphatic heterocycles. The summed E-state index contributed by atoms with van der Waals surface area (Å²) >= 11 is 0. The smallest absolute Gasteiger partial charge is 0.108 e. The van der Waals surface area contributed by atoms with Gasteiger partial charge in [0.15, 0.2) is 0 Å². The maximum Gasteiger partial charge on any atom is 0.108 e. The molecule has 1 heteroatoms. The predicted octanol–water partition coefficient (Wildman–Crippen LogP) is 1.55. The summed E-state index contributed by atoms with van der Waals surface area (Å²) in [5.74, 6) is 2.44. The van der Waals surface area contributed by atoms with Crippen LogP contribution in [0.4, 0.5) is 0 Å². The number of rotatable bonds is 2. The number of hydrogen-bond acceptors (Lipinski definition) is 1. The van der Waals surface area contributed by atoms with Crippen molar-refractivity contribution < 1.29 is 4.74 Å². The Morgan fingerprint density at radius 1 is 1.80 bits per heavy atom. The van der Waals surface area contributed by atoms with Gasteiger partial charge in [0.05, 0.1) is 6.10 Å². The first-order valence-corrected chi connectivity index (χ1v) is 3.55. The van der Waals surface area contributed by atoms with E-state index in [0.29, 0.717) is 6.61 Å². The lowest BCUT2D eigenvalue weighted by molar-refractivity contribution is 0.101. The highest BCUT2D eigenvalue weighted by molar-refractivity contribution is 4.91. The fraction of sp³-hybridized carbons (Fsp3) is 0.556. The minimum absolute atomic E-state index is 0.227. The van der Waals surface area contributed by atoms with Gasteiger partial charge in [0.25, 0.3) is 0 Å². The van der Waals surface area contributed by atoms with Crippen molar-refractivity contribution in [3.63, 3.8) is 0 Å². The molecule has 0 heterocycles. The van der Waals surface area contributed by atoms with Crippen LogP contribution in [-0.4, -0.2) is 12.7 Å². The first kappa shape index (κ1) is 7.37. The van der Waals surface area contributed by atoms with Crippen LogP contribution in [0.15, 0.2) is 6.08 Å². The summed E-state index contributed by atoms with van der Waals surface area (Å²) in [7, 11) is 0. The zero-order valence-electron chi connectivity index (χ0n) is 5.97. The SMILES string of the molecule is C#CCOC1C=[C]CCC1. The third kappa shape index (κ3) is 2.24. The Hall–Kier alpha value is -0.740. The molecule has 53 valence electrons. The second kappa shape index (κ2) is 4.14. The maximum atomic E-state index is 5.28. The third-order valence-corrected chi connectivity index (χ3v) is 1.49. The molecule has 1 radical (unpaired) electrons. The molecular weight excluding hydrogens is 124 g/mol. The van der Waals surface area contributed by atoms with Crippen molar-refractivity contribution >= 4 is 0 Å². The molecule has 1 atom stereocenters. The average molecular weight is 135 g/mol. The summed E-state index contributed by atoms with van der Waals surface area (Å²) in [6, 6.07) is 0. The molecule has 0 saturated heterocycles. The largest absolute Gasteiger partial charge is 0.361 e. The normalized spacial score (nSPS) is 24.1. The topological polar surface area (TPSA) is 9.23 Å². The van der Waals surface area contributed by atoms with E-state index >= 15 is 0 Å². The van der Waals surface area contributed by atoms with E-state index in [4.69, 9.17) is 11.2 Å². The Balaban J connectivity index is 2.21. The second-order valence-electron chi connectivity index (χ2n) is 2.32. The van der Waals surface area contributed by atoms with Gasteiger partial charge >= 0.3 is 0 Å². The zero-order chi connectivity index (χ0) is 7.23. The number of ether oxygens (including phenoxy) is 1. The Labute approximate surface area is 62.1 Å². The van der Waals surface area contributed by atoms with Gasteiger partial charge in [-0.1, -0.05) is 12.0 Å². The summed E-state index contributed by atoms with van der Waals surface area (Å²) in [6.07, 6.45) is 13.7. The molecular formula is C9H11O. The minimum Gasteiger partial charge on any atom is -0.361 e. The van der Waals surface area contributed by atoms with E-state index in [-0.39, 0.29) is 6.10 Å². The molecule has 1 rings (SSSR count). The van der Waals surface area contributed by atoms with Gasteiger partial charge in [0.1, 0.15) is 6.61 Å². The molecule has 0 fully saturated rings. The molecule has 10 heavy (non-hydrogen) atoms. The Morgan fingerprint density at radius 3 is 3.30 bits per heavy atom. The number of hydrogen-bond donors (Lipinski definition) is 0. The molecule has 0 N–H and O–H groups in total. The second-order valence-corrected chi connectivity index (χ2v) is 2.32.